The molecule has 3 nitrogen and oxygen atoms in total. The van der Waals surface area contributed by atoms with E-state index in [1.165, 1.54) is 88.9 Å². The quantitative estimate of drug-likeness (QED) is 0.580. The highest BCUT2D eigenvalue weighted by atomic mass is 15.3. The van der Waals surface area contributed by atoms with Gasteiger partial charge < -0.3 is 9.80 Å². The molecule has 0 aromatic heterocycles. The van der Waals surface area contributed by atoms with Crippen LogP contribution in [0.5, 0.6) is 0 Å². The number of benzene rings is 2. The van der Waals surface area contributed by atoms with Crippen LogP contribution in [-0.4, -0.2) is 44.2 Å². The molecule has 2 aromatic rings. The van der Waals surface area contributed by atoms with Crippen molar-refractivity contribution in [2.45, 2.75) is 57.4 Å². The third-order valence-corrected chi connectivity index (χ3v) is 7.86. The number of rotatable bonds is 5. The van der Waals surface area contributed by atoms with Gasteiger partial charge in [-0.3, -0.25) is 4.90 Å². The second-order valence-electron chi connectivity index (χ2n) is 9.84. The fourth-order valence-corrected chi connectivity index (χ4v) is 6.19. The average molecular weight is 418 g/mol. The summed E-state index contributed by atoms with van der Waals surface area (Å²) in [7, 11) is 0. The maximum atomic E-state index is 2.82. The average Bonchev–Trinajstić information content (AvgIpc) is 2.87. The molecule has 0 spiro atoms. The van der Waals surface area contributed by atoms with Gasteiger partial charge in [-0.25, -0.2) is 0 Å². The van der Waals surface area contributed by atoms with Crippen molar-refractivity contribution in [3.63, 3.8) is 0 Å². The third kappa shape index (κ3) is 4.92. The minimum absolute atomic E-state index is 0.586. The highest BCUT2D eigenvalue weighted by Crippen LogP contribution is 2.40. The van der Waals surface area contributed by atoms with E-state index in [1.54, 1.807) is 5.56 Å². The molecule has 1 aliphatic carbocycles. The molecule has 2 saturated heterocycles. The van der Waals surface area contributed by atoms with E-state index in [1.807, 2.05) is 0 Å². The van der Waals surface area contributed by atoms with Crippen LogP contribution in [0, 0.1) is 5.92 Å². The Morgan fingerprint density at radius 2 is 1.23 bits per heavy atom. The van der Waals surface area contributed by atoms with Crippen LogP contribution in [0.15, 0.2) is 54.6 Å². The minimum Gasteiger partial charge on any atom is -0.372 e. The molecule has 166 valence electrons. The molecule has 0 amide bonds. The number of hydrogen-bond donors (Lipinski definition) is 0. The van der Waals surface area contributed by atoms with Crippen LogP contribution in [0.25, 0.3) is 0 Å². The summed E-state index contributed by atoms with van der Waals surface area (Å²) in [5.41, 5.74) is 4.41. The highest BCUT2D eigenvalue weighted by molar-refractivity contribution is 5.50. The van der Waals surface area contributed by atoms with E-state index in [9.17, 15) is 0 Å². The van der Waals surface area contributed by atoms with Crippen molar-refractivity contribution in [1.29, 1.82) is 0 Å². The summed E-state index contributed by atoms with van der Waals surface area (Å²) in [6, 6.07) is 21.2. The van der Waals surface area contributed by atoms with Crippen molar-refractivity contribution >= 4 is 11.4 Å². The SMILES string of the molecule is c1ccc(N2CCN(C(c3cccc(N4CCCCC4)c3)C3CCCCC3)CC2)cc1. The molecule has 1 atom stereocenters. The zero-order chi connectivity index (χ0) is 20.9. The first kappa shape index (κ1) is 20.9. The zero-order valence-electron chi connectivity index (χ0n) is 19.1. The standard InChI is InChI=1S/C28H39N3/c1-4-11-24(12-5-1)28(25-13-10-16-27(23-25)29-17-8-3-9-18-29)31-21-19-30(20-22-31)26-14-6-2-7-15-26/h2,6-7,10,13-16,23-24,28H,1,3-5,8-9,11-12,17-22H2. The van der Waals surface area contributed by atoms with Gasteiger partial charge in [0.15, 0.2) is 0 Å². The van der Waals surface area contributed by atoms with Crippen LogP contribution in [0.4, 0.5) is 11.4 Å². The number of anilines is 2. The summed E-state index contributed by atoms with van der Waals surface area (Å²) in [5.74, 6) is 0.814. The van der Waals surface area contributed by atoms with Crippen LogP contribution in [0.2, 0.25) is 0 Å². The Labute approximate surface area is 189 Å². The van der Waals surface area contributed by atoms with E-state index >= 15 is 0 Å². The number of hydrogen-bond acceptors (Lipinski definition) is 3. The molecule has 5 rings (SSSR count). The molecule has 1 saturated carbocycles. The van der Waals surface area contributed by atoms with Crippen molar-refractivity contribution in [3.05, 3.63) is 60.2 Å². The van der Waals surface area contributed by atoms with Crippen LogP contribution < -0.4 is 9.80 Å². The number of piperidine rings is 1. The van der Waals surface area contributed by atoms with Crippen molar-refractivity contribution in [2.75, 3.05) is 49.1 Å². The molecule has 1 unspecified atom stereocenters. The van der Waals surface area contributed by atoms with Crippen molar-refractivity contribution < 1.29 is 0 Å². The largest absolute Gasteiger partial charge is 0.372 e. The highest BCUT2D eigenvalue weighted by Gasteiger charge is 2.32. The molecule has 3 heteroatoms. The lowest BCUT2D eigenvalue weighted by Gasteiger charge is -2.44. The number of piperazine rings is 1. The van der Waals surface area contributed by atoms with Gasteiger partial charge in [-0.05, 0) is 67.9 Å². The predicted molar refractivity (Wildman–Crippen MR) is 132 cm³/mol. The molecule has 3 aliphatic rings. The minimum atomic E-state index is 0.586. The molecule has 2 aromatic carbocycles. The van der Waals surface area contributed by atoms with Crippen molar-refractivity contribution in [3.8, 4) is 0 Å². The summed E-state index contributed by atoms with van der Waals surface area (Å²) >= 11 is 0. The predicted octanol–water partition coefficient (Wildman–Crippen LogP) is 6.12. The number of nitrogens with zero attached hydrogens (tertiary/aromatic N) is 3. The van der Waals surface area contributed by atoms with Gasteiger partial charge in [-0.2, -0.15) is 0 Å². The molecule has 0 bridgehead atoms. The summed E-state index contributed by atoms with van der Waals surface area (Å²) in [6.07, 6.45) is 11.1. The third-order valence-electron chi connectivity index (χ3n) is 7.86. The lowest BCUT2D eigenvalue weighted by molar-refractivity contribution is 0.110. The van der Waals surface area contributed by atoms with Gasteiger partial charge in [-0.1, -0.05) is 49.6 Å². The van der Waals surface area contributed by atoms with E-state index in [2.05, 4.69) is 69.3 Å². The van der Waals surface area contributed by atoms with Crippen LogP contribution >= 0.6 is 0 Å². The van der Waals surface area contributed by atoms with Crippen molar-refractivity contribution in [2.24, 2.45) is 5.92 Å². The summed E-state index contributed by atoms with van der Waals surface area (Å²) in [5, 5.41) is 0. The summed E-state index contributed by atoms with van der Waals surface area (Å²) < 4.78 is 0. The van der Waals surface area contributed by atoms with Gasteiger partial charge in [0.05, 0.1) is 0 Å². The second kappa shape index (κ2) is 10.1. The second-order valence-corrected chi connectivity index (χ2v) is 9.84. The molecule has 3 fully saturated rings. The molecule has 2 aliphatic heterocycles. The summed E-state index contributed by atoms with van der Waals surface area (Å²) in [6.45, 7) is 7.08. The van der Waals surface area contributed by atoms with Gasteiger partial charge >= 0.3 is 0 Å². The maximum absolute atomic E-state index is 2.82. The Hall–Kier alpha value is -2.00. The van der Waals surface area contributed by atoms with Gasteiger partial charge in [0.25, 0.3) is 0 Å². The Morgan fingerprint density at radius 1 is 0.581 bits per heavy atom. The lowest BCUT2D eigenvalue weighted by atomic mass is 9.80. The Balaban J connectivity index is 1.35. The smallest absolute Gasteiger partial charge is 0.0378 e. The zero-order valence-corrected chi connectivity index (χ0v) is 19.1. The molecule has 0 radical (unpaired) electrons. The van der Waals surface area contributed by atoms with Gasteiger partial charge in [-0.15, -0.1) is 0 Å². The van der Waals surface area contributed by atoms with E-state index in [0.717, 1.165) is 19.0 Å². The van der Waals surface area contributed by atoms with Gasteiger partial charge in [0, 0.05) is 56.7 Å². The Bertz CT molecular complexity index is 800. The molecular weight excluding hydrogens is 378 g/mol. The van der Waals surface area contributed by atoms with Gasteiger partial charge in [0.1, 0.15) is 0 Å². The molecule has 31 heavy (non-hydrogen) atoms. The van der Waals surface area contributed by atoms with E-state index < -0.39 is 0 Å². The van der Waals surface area contributed by atoms with Crippen LogP contribution in [-0.2, 0) is 0 Å². The topological polar surface area (TPSA) is 9.72 Å². The fraction of sp³-hybridized carbons (Fsp3) is 0.571. The Kier molecular flexibility index (Phi) is 6.79. The van der Waals surface area contributed by atoms with Crippen LogP contribution in [0.1, 0.15) is 63.0 Å². The van der Waals surface area contributed by atoms with E-state index in [-0.39, 0.29) is 0 Å². The van der Waals surface area contributed by atoms with Gasteiger partial charge in [0.2, 0.25) is 0 Å². The normalized spacial score (nSPS) is 22.5. The Morgan fingerprint density at radius 3 is 1.97 bits per heavy atom. The van der Waals surface area contributed by atoms with E-state index in [0.29, 0.717) is 6.04 Å². The first-order chi connectivity index (χ1) is 15.4. The lowest BCUT2D eigenvalue weighted by Crippen LogP contribution is -2.49. The van der Waals surface area contributed by atoms with Crippen LogP contribution in [0.3, 0.4) is 0 Å². The molecule has 0 N–H and O–H groups in total. The number of para-hydroxylation sites is 1. The molecule has 2 heterocycles. The first-order valence-corrected chi connectivity index (χ1v) is 12.8. The maximum Gasteiger partial charge on any atom is 0.0378 e. The molecular formula is C28H39N3. The first-order valence-electron chi connectivity index (χ1n) is 12.8. The fourth-order valence-electron chi connectivity index (χ4n) is 6.19. The van der Waals surface area contributed by atoms with Crippen molar-refractivity contribution in [1.82, 2.24) is 4.90 Å². The summed E-state index contributed by atoms with van der Waals surface area (Å²) in [4.78, 5) is 8.02. The van der Waals surface area contributed by atoms with E-state index in [4.69, 9.17) is 0 Å². The monoisotopic (exact) mass is 417 g/mol.